The molecule has 6 heteroatoms. The van der Waals surface area contributed by atoms with Crippen molar-refractivity contribution in [3.8, 4) is 0 Å². The molecule has 3 N–H and O–H groups in total. The van der Waals surface area contributed by atoms with Gasteiger partial charge in [-0.25, -0.2) is 0 Å². The van der Waals surface area contributed by atoms with E-state index in [1.165, 1.54) is 116 Å². The van der Waals surface area contributed by atoms with Gasteiger partial charge in [0.15, 0.2) is 0 Å². The van der Waals surface area contributed by atoms with E-state index in [-0.39, 0.29) is 18.5 Å². The number of hydrogen-bond donors (Lipinski definition) is 3. The highest BCUT2D eigenvalue weighted by molar-refractivity contribution is 5.76. The van der Waals surface area contributed by atoms with E-state index in [1.54, 1.807) is 6.08 Å². The minimum absolute atomic E-state index is 0.0475. The van der Waals surface area contributed by atoms with Crippen molar-refractivity contribution in [3.63, 3.8) is 0 Å². The second-order valence-corrected chi connectivity index (χ2v) is 15.4. The van der Waals surface area contributed by atoms with Crippen molar-refractivity contribution >= 4 is 11.9 Å². The summed E-state index contributed by atoms with van der Waals surface area (Å²) in [4.78, 5) is 24.4. The van der Waals surface area contributed by atoms with Crippen LogP contribution in [0.3, 0.4) is 0 Å². The standard InChI is InChI=1S/C48H87NO5/c1-3-5-7-9-11-13-15-16-17-18-19-20-22-26-30-34-38-42-48(53)54-43-39-35-31-27-23-25-29-33-37-41-47(52)49-45(44-50)46(51)40-36-32-28-24-21-14-12-10-8-6-4-2/h11,13,16-17,25,29,36,40,45-46,50-51H,3-10,12,14-15,18-24,26-28,30-35,37-39,41-44H2,1-2H3,(H,49,52)/b13-11-,17-16-,29-25-,40-36+. The fraction of sp³-hybridized carbons (Fsp3) is 0.792. The minimum Gasteiger partial charge on any atom is -0.466 e. The molecule has 0 heterocycles. The molecule has 0 aliphatic heterocycles. The van der Waals surface area contributed by atoms with Crippen LogP contribution in [-0.4, -0.2) is 47.4 Å². The van der Waals surface area contributed by atoms with Crippen molar-refractivity contribution in [1.29, 1.82) is 0 Å². The summed E-state index contributed by atoms with van der Waals surface area (Å²) in [6, 6.07) is -0.665. The molecule has 2 atom stereocenters. The number of unbranched alkanes of at least 4 members (excludes halogenated alkanes) is 24. The van der Waals surface area contributed by atoms with E-state index in [0.29, 0.717) is 19.4 Å². The summed E-state index contributed by atoms with van der Waals surface area (Å²) in [6.07, 6.45) is 52.5. The summed E-state index contributed by atoms with van der Waals surface area (Å²) >= 11 is 0. The first-order chi connectivity index (χ1) is 26.5. The minimum atomic E-state index is -0.875. The normalized spacial score (nSPS) is 13.2. The SMILES string of the molecule is CCCCC/C=C\C/C=C\CCCCCCCCCC(=O)OCCCCCC/C=C\CCCC(=O)NC(CO)C(O)/C=C/CCCCCCCCCCC. The highest BCUT2D eigenvalue weighted by atomic mass is 16.5. The number of carbonyl (C=O) groups excluding carboxylic acids is 2. The Kier molecular flexibility index (Phi) is 41.8. The maximum atomic E-state index is 12.3. The van der Waals surface area contributed by atoms with Crippen molar-refractivity contribution in [3.05, 3.63) is 48.6 Å². The van der Waals surface area contributed by atoms with Gasteiger partial charge in [-0.3, -0.25) is 9.59 Å². The molecule has 0 fully saturated rings. The van der Waals surface area contributed by atoms with Gasteiger partial charge in [-0.05, 0) is 83.5 Å². The Morgan fingerprint density at radius 3 is 1.50 bits per heavy atom. The Hall–Kier alpha value is -2.18. The van der Waals surface area contributed by atoms with Crippen LogP contribution in [0.15, 0.2) is 48.6 Å². The monoisotopic (exact) mass is 758 g/mol. The van der Waals surface area contributed by atoms with Gasteiger partial charge < -0.3 is 20.3 Å². The highest BCUT2D eigenvalue weighted by Crippen LogP contribution is 2.13. The number of amides is 1. The molecule has 0 saturated carbocycles. The molecular weight excluding hydrogens is 671 g/mol. The van der Waals surface area contributed by atoms with E-state index in [4.69, 9.17) is 4.74 Å². The van der Waals surface area contributed by atoms with Gasteiger partial charge >= 0.3 is 5.97 Å². The van der Waals surface area contributed by atoms with Gasteiger partial charge in [0.25, 0.3) is 0 Å². The number of hydrogen-bond acceptors (Lipinski definition) is 5. The summed E-state index contributed by atoms with van der Waals surface area (Å²) in [6.45, 7) is 4.74. The van der Waals surface area contributed by atoms with E-state index in [1.807, 2.05) is 6.08 Å². The first kappa shape index (κ1) is 51.8. The molecule has 0 bridgehead atoms. The second-order valence-electron chi connectivity index (χ2n) is 15.4. The lowest BCUT2D eigenvalue weighted by atomic mass is 10.1. The molecule has 6 nitrogen and oxygen atoms in total. The molecule has 0 spiro atoms. The zero-order valence-corrected chi connectivity index (χ0v) is 35.4. The first-order valence-electron chi connectivity index (χ1n) is 22.9. The van der Waals surface area contributed by atoms with E-state index in [9.17, 15) is 19.8 Å². The zero-order valence-electron chi connectivity index (χ0n) is 35.4. The largest absolute Gasteiger partial charge is 0.466 e. The smallest absolute Gasteiger partial charge is 0.305 e. The predicted octanol–water partition coefficient (Wildman–Crippen LogP) is 13.1. The molecule has 0 aliphatic rings. The lowest BCUT2D eigenvalue weighted by Crippen LogP contribution is -2.45. The number of allylic oxidation sites excluding steroid dienone is 7. The summed E-state index contributed by atoms with van der Waals surface area (Å²) in [5.74, 6) is -0.180. The molecule has 314 valence electrons. The zero-order chi connectivity index (χ0) is 39.4. The Labute approximate surface area is 334 Å². The number of aliphatic hydroxyl groups is 2. The molecule has 2 unspecified atom stereocenters. The van der Waals surface area contributed by atoms with Crippen molar-refractivity contribution in [2.45, 2.75) is 231 Å². The van der Waals surface area contributed by atoms with Gasteiger partial charge in [0, 0.05) is 12.8 Å². The van der Waals surface area contributed by atoms with Crippen LogP contribution in [0.5, 0.6) is 0 Å². The number of carbonyl (C=O) groups is 2. The summed E-state index contributed by atoms with van der Waals surface area (Å²) in [7, 11) is 0. The van der Waals surface area contributed by atoms with Crippen molar-refractivity contribution < 1.29 is 24.5 Å². The Morgan fingerprint density at radius 1 is 0.519 bits per heavy atom. The lowest BCUT2D eigenvalue weighted by Gasteiger charge is -2.19. The van der Waals surface area contributed by atoms with Gasteiger partial charge in [-0.2, -0.15) is 0 Å². The van der Waals surface area contributed by atoms with Crippen LogP contribution >= 0.6 is 0 Å². The van der Waals surface area contributed by atoms with Crippen molar-refractivity contribution in [2.75, 3.05) is 13.2 Å². The third-order valence-corrected chi connectivity index (χ3v) is 10.1. The van der Waals surface area contributed by atoms with Crippen LogP contribution < -0.4 is 5.32 Å². The Bertz CT molecular complexity index is 926. The van der Waals surface area contributed by atoms with Gasteiger partial charge in [0.05, 0.1) is 25.4 Å². The summed E-state index contributed by atoms with van der Waals surface area (Å²) < 4.78 is 5.43. The van der Waals surface area contributed by atoms with Crippen LogP contribution in [0.2, 0.25) is 0 Å². The molecule has 0 aromatic rings. The van der Waals surface area contributed by atoms with E-state index < -0.39 is 12.1 Å². The number of aliphatic hydroxyl groups excluding tert-OH is 2. The second kappa shape index (κ2) is 43.5. The van der Waals surface area contributed by atoms with Crippen LogP contribution in [0.4, 0.5) is 0 Å². The third-order valence-electron chi connectivity index (χ3n) is 10.1. The molecule has 0 saturated heterocycles. The topological polar surface area (TPSA) is 95.9 Å². The van der Waals surface area contributed by atoms with Crippen LogP contribution in [-0.2, 0) is 14.3 Å². The average Bonchev–Trinajstić information content (AvgIpc) is 3.17. The summed E-state index contributed by atoms with van der Waals surface area (Å²) in [5, 5.41) is 22.9. The lowest BCUT2D eigenvalue weighted by molar-refractivity contribution is -0.143. The Balaban J connectivity index is 3.59. The molecule has 0 aliphatic carbocycles. The number of ether oxygens (including phenoxy) is 1. The van der Waals surface area contributed by atoms with Gasteiger partial charge in [0.2, 0.25) is 5.91 Å². The highest BCUT2D eigenvalue weighted by Gasteiger charge is 2.17. The molecule has 0 aromatic heterocycles. The van der Waals surface area contributed by atoms with Crippen molar-refractivity contribution in [1.82, 2.24) is 5.32 Å². The maximum absolute atomic E-state index is 12.3. The number of nitrogens with one attached hydrogen (secondary N) is 1. The number of rotatable bonds is 41. The number of esters is 1. The summed E-state index contributed by atoms with van der Waals surface area (Å²) in [5.41, 5.74) is 0. The van der Waals surface area contributed by atoms with Gasteiger partial charge in [-0.15, -0.1) is 0 Å². The molecule has 1 amide bonds. The van der Waals surface area contributed by atoms with Gasteiger partial charge in [0.1, 0.15) is 0 Å². The maximum Gasteiger partial charge on any atom is 0.305 e. The van der Waals surface area contributed by atoms with E-state index >= 15 is 0 Å². The van der Waals surface area contributed by atoms with E-state index in [2.05, 4.69) is 55.6 Å². The van der Waals surface area contributed by atoms with Crippen LogP contribution in [0.1, 0.15) is 219 Å². The fourth-order valence-corrected chi connectivity index (χ4v) is 6.49. The van der Waals surface area contributed by atoms with E-state index in [0.717, 1.165) is 77.0 Å². The van der Waals surface area contributed by atoms with Gasteiger partial charge in [-0.1, -0.05) is 172 Å². The molecule has 54 heavy (non-hydrogen) atoms. The predicted molar refractivity (Wildman–Crippen MR) is 232 cm³/mol. The quantitative estimate of drug-likeness (QED) is 0.0328. The van der Waals surface area contributed by atoms with Crippen LogP contribution in [0, 0.1) is 0 Å². The fourth-order valence-electron chi connectivity index (χ4n) is 6.49. The first-order valence-corrected chi connectivity index (χ1v) is 22.9. The molecule has 0 radical (unpaired) electrons. The molecular formula is C48H87NO5. The molecule has 0 rings (SSSR count). The van der Waals surface area contributed by atoms with Crippen molar-refractivity contribution in [2.24, 2.45) is 0 Å². The third kappa shape index (κ3) is 39.5. The van der Waals surface area contributed by atoms with Crippen LogP contribution in [0.25, 0.3) is 0 Å². The Morgan fingerprint density at radius 2 is 0.944 bits per heavy atom. The average molecular weight is 758 g/mol. The molecule has 0 aromatic carbocycles.